The van der Waals surface area contributed by atoms with Gasteiger partial charge in [-0.05, 0) is 45.2 Å². The summed E-state index contributed by atoms with van der Waals surface area (Å²) >= 11 is 1.41. The molecule has 120 valence electrons. The van der Waals surface area contributed by atoms with Crippen molar-refractivity contribution in [1.29, 1.82) is 0 Å². The average molecular weight is 331 g/mol. The smallest absolute Gasteiger partial charge is 0.253 e. The number of rotatable bonds is 6. The Balaban J connectivity index is 2.09. The molecule has 1 saturated heterocycles. The van der Waals surface area contributed by atoms with E-state index in [-0.39, 0.29) is 5.54 Å². The fraction of sp³-hybridized carbons (Fsp3) is 0.733. The molecule has 0 bridgehead atoms. The van der Waals surface area contributed by atoms with Gasteiger partial charge in [0.1, 0.15) is 4.21 Å². The molecule has 1 N–H and O–H groups in total. The van der Waals surface area contributed by atoms with Gasteiger partial charge < -0.3 is 5.32 Å². The van der Waals surface area contributed by atoms with Crippen LogP contribution in [0.2, 0.25) is 0 Å². The highest BCUT2D eigenvalue weighted by Gasteiger charge is 2.41. The third-order valence-corrected chi connectivity index (χ3v) is 7.65. The maximum Gasteiger partial charge on any atom is 0.253 e. The Morgan fingerprint density at radius 3 is 2.67 bits per heavy atom. The molecule has 21 heavy (non-hydrogen) atoms. The average Bonchev–Trinajstić information content (AvgIpc) is 2.95. The van der Waals surface area contributed by atoms with Gasteiger partial charge in [0, 0.05) is 29.5 Å². The van der Waals surface area contributed by atoms with Crippen molar-refractivity contribution in [3.8, 4) is 0 Å². The summed E-state index contributed by atoms with van der Waals surface area (Å²) in [4.78, 5) is 1.12. The van der Waals surface area contributed by atoms with Crippen LogP contribution in [0.5, 0.6) is 0 Å². The van der Waals surface area contributed by atoms with Crippen molar-refractivity contribution >= 4 is 21.4 Å². The molecule has 0 saturated carbocycles. The molecule has 2 heterocycles. The summed E-state index contributed by atoms with van der Waals surface area (Å²) in [5.41, 5.74) is -0.262. The minimum absolute atomic E-state index is 0.262. The van der Waals surface area contributed by atoms with Gasteiger partial charge in [0.15, 0.2) is 0 Å². The van der Waals surface area contributed by atoms with E-state index in [4.69, 9.17) is 0 Å². The van der Waals surface area contributed by atoms with E-state index in [1.807, 2.05) is 19.9 Å². The highest BCUT2D eigenvalue weighted by molar-refractivity contribution is 7.91. The van der Waals surface area contributed by atoms with Gasteiger partial charge in [-0.3, -0.25) is 0 Å². The lowest BCUT2D eigenvalue weighted by Gasteiger charge is -2.29. The molecule has 1 aliphatic heterocycles. The monoisotopic (exact) mass is 330 g/mol. The van der Waals surface area contributed by atoms with Crippen LogP contribution in [0.1, 0.15) is 45.4 Å². The zero-order valence-electron chi connectivity index (χ0n) is 13.3. The van der Waals surface area contributed by atoms with Crippen LogP contribution in [0, 0.1) is 0 Å². The zero-order chi connectivity index (χ0) is 15.7. The van der Waals surface area contributed by atoms with E-state index >= 15 is 0 Å². The van der Waals surface area contributed by atoms with Crippen LogP contribution in [-0.4, -0.2) is 37.4 Å². The van der Waals surface area contributed by atoms with Crippen LogP contribution in [0.25, 0.3) is 0 Å². The zero-order valence-corrected chi connectivity index (χ0v) is 15.0. The summed E-state index contributed by atoms with van der Waals surface area (Å²) in [6.45, 7) is 9.77. The molecule has 0 radical (unpaired) electrons. The lowest BCUT2D eigenvalue weighted by molar-refractivity contribution is 0.292. The van der Waals surface area contributed by atoms with Crippen molar-refractivity contribution < 1.29 is 8.42 Å². The molecule has 1 aromatic rings. The van der Waals surface area contributed by atoms with Gasteiger partial charge in [-0.15, -0.1) is 11.3 Å². The highest BCUT2D eigenvalue weighted by atomic mass is 32.2. The molecule has 0 spiro atoms. The molecule has 1 fully saturated rings. The minimum Gasteiger partial charge on any atom is -0.314 e. The Morgan fingerprint density at radius 1 is 1.38 bits per heavy atom. The molecule has 0 aromatic carbocycles. The normalized spacial score (nSPS) is 19.5. The maximum atomic E-state index is 12.8. The van der Waals surface area contributed by atoms with Gasteiger partial charge in [-0.1, -0.05) is 13.8 Å². The molecule has 2 rings (SSSR count). The van der Waals surface area contributed by atoms with Crippen molar-refractivity contribution in [3.05, 3.63) is 17.0 Å². The number of hydrogen-bond acceptors (Lipinski definition) is 4. The predicted octanol–water partition coefficient (Wildman–Crippen LogP) is 2.85. The SMILES string of the molecule is CC(C)NCCc1ccc(S(=O)(=O)N2CCCC2(C)C)s1. The highest BCUT2D eigenvalue weighted by Crippen LogP contribution is 2.36. The molecule has 0 atom stereocenters. The first-order valence-electron chi connectivity index (χ1n) is 7.58. The van der Waals surface area contributed by atoms with Gasteiger partial charge in [-0.2, -0.15) is 4.31 Å². The molecule has 6 heteroatoms. The molecule has 0 aliphatic carbocycles. The fourth-order valence-corrected chi connectivity index (χ4v) is 6.07. The van der Waals surface area contributed by atoms with E-state index in [1.54, 1.807) is 10.4 Å². The predicted molar refractivity (Wildman–Crippen MR) is 88.4 cm³/mol. The van der Waals surface area contributed by atoms with E-state index in [1.165, 1.54) is 11.3 Å². The standard InChI is InChI=1S/C15H26N2O2S2/c1-12(2)16-10-8-13-6-7-14(20-13)21(18,19)17-11-5-9-15(17,3)4/h6-7,12,16H,5,8-11H2,1-4H3. The van der Waals surface area contributed by atoms with E-state index in [0.717, 1.165) is 30.7 Å². The van der Waals surface area contributed by atoms with Gasteiger partial charge >= 0.3 is 0 Å². The third-order valence-electron chi connectivity index (χ3n) is 3.93. The minimum atomic E-state index is -3.34. The summed E-state index contributed by atoms with van der Waals surface area (Å²) in [5.74, 6) is 0. The number of thiophene rings is 1. The van der Waals surface area contributed by atoms with Crippen molar-refractivity contribution in [2.75, 3.05) is 13.1 Å². The Bertz CT molecular complexity index is 576. The van der Waals surface area contributed by atoms with Crippen molar-refractivity contribution in [1.82, 2.24) is 9.62 Å². The van der Waals surface area contributed by atoms with Crippen LogP contribution >= 0.6 is 11.3 Å². The number of nitrogens with one attached hydrogen (secondary N) is 1. The Kier molecular flexibility index (Phi) is 5.13. The van der Waals surface area contributed by atoms with E-state index in [9.17, 15) is 8.42 Å². The summed E-state index contributed by atoms with van der Waals surface area (Å²) < 4.78 is 27.7. The van der Waals surface area contributed by atoms with Crippen LogP contribution in [-0.2, 0) is 16.4 Å². The molecule has 0 unspecified atom stereocenters. The lowest BCUT2D eigenvalue weighted by atomic mass is 10.0. The van der Waals surface area contributed by atoms with Crippen molar-refractivity contribution in [2.24, 2.45) is 0 Å². The van der Waals surface area contributed by atoms with E-state index < -0.39 is 10.0 Å². The van der Waals surface area contributed by atoms with Crippen LogP contribution in [0.4, 0.5) is 0 Å². The first-order valence-corrected chi connectivity index (χ1v) is 9.84. The van der Waals surface area contributed by atoms with Crippen LogP contribution in [0.15, 0.2) is 16.3 Å². The molecule has 1 aromatic heterocycles. The second-order valence-corrected chi connectivity index (χ2v) is 9.83. The lowest BCUT2D eigenvalue weighted by Crippen LogP contribution is -2.42. The number of nitrogens with zero attached hydrogens (tertiary/aromatic N) is 1. The fourth-order valence-electron chi connectivity index (χ4n) is 2.75. The Hall–Kier alpha value is -0.430. The first-order chi connectivity index (χ1) is 9.73. The molecule has 4 nitrogen and oxygen atoms in total. The summed E-state index contributed by atoms with van der Waals surface area (Å²) in [6, 6.07) is 4.17. The summed E-state index contributed by atoms with van der Waals surface area (Å²) in [6.07, 6.45) is 2.76. The van der Waals surface area contributed by atoms with E-state index in [0.29, 0.717) is 16.8 Å². The summed E-state index contributed by atoms with van der Waals surface area (Å²) in [7, 11) is -3.34. The second kappa shape index (κ2) is 6.36. The second-order valence-electron chi connectivity index (χ2n) is 6.57. The van der Waals surface area contributed by atoms with Crippen molar-refractivity contribution in [2.45, 2.75) is 62.7 Å². The van der Waals surface area contributed by atoms with Gasteiger partial charge in [0.2, 0.25) is 0 Å². The van der Waals surface area contributed by atoms with E-state index in [2.05, 4.69) is 19.2 Å². The maximum absolute atomic E-state index is 12.8. The number of hydrogen-bond donors (Lipinski definition) is 1. The largest absolute Gasteiger partial charge is 0.314 e. The van der Waals surface area contributed by atoms with Gasteiger partial charge in [0.25, 0.3) is 10.0 Å². The Morgan fingerprint density at radius 2 is 2.10 bits per heavy atom. The first kappa shape index (κ1) is 16.9. The van der Waals surface area contributed by atoms with Crippen LogP contribution in [0.3, 0.4) is 0 Å². The third kappa shape index (κ3) is 3.86. The van der Waals surface area contributed by atoms with Crippen LogP contribution < -0.4 is 5.32 Å². The van der Waals surface area contributed by atoms with Gasteiger partial charge in [-0.25, -0.2) is 8.42 Å². The molecular weight excluding hydrogens is 304 g/mol. The molecule has 0 amide bonds. The quantitative estimate of drug-likeness (QED) is 0.872. The molecular formula is C15H26N2O2S2. The number of sulfonamides is 1. The topological polar surface area (TPSA) is 49.4 Å². The Labute approximate surface area is 132 Å². The molecule has 1 aliphatic rings. The summed E-state index contributed by atoms with van der Waals surface area (Å²) in [5, 5.41) is 3.36. The van der Waals surface area contributed by atoms with Gasteiger partial charge in [0.05, 0.1) is 0 Å². The van der Waals surface area contributed by atoms with Crippen molar-refractivity contribution in [3.63, 3.8) is 0 Å².